The minimum Gasteiger partial charge on any atom is -0.475 e. The molecule has 2 saturated heterocycles. The van der Waals surface area contributed by atoms with E-state index >= 15 is 0 Å². The van der Waals surface area contributed by atoms with Crippen LogP contribution in [0.25, 0.3) is 0 Å². The van der Waals surface area contributed by atoms with E-state index in [1.807, 2.05) is 24.4 Å². The molecule has 0 amide bonds. The molecule has 2 fully saturated rings. The van der Waals surface area contributed by atoms with Gasteiger partial charge in [0.05, 0.1) is 24.5 Å². The van der Waals surface area contributed by atoms with Gasteiger partial charge in [-0.3, -0.25) is 9.88 Å². The Labute approximate surface area is 220 Å². The van der Waals surface area contributed by atoms with Crippen LogP contribution in [0.5, 0.6) is 0 Å². The molecule has 3 heterocycles. The van der Waals surface area contributed by atoms with Crippen LogP contribution in [-0.4, -0.2) is 76.3 Å². The number of pyridine rings is 1. The summed E-state index contributed by atoms with van der Waals surface area (Å²) in [4.78, 5) is 24.6. The number of halogens is 6. The predicted octanol–water partition coefficient (Wildman–Crippen LogP) is 4.46. The number of rotatable bonds is 6. The third kappa shape index (κ3) is 10.1. The molecule has 0 radical (unpaired) electrons. The van der Waals surface area contributed by atoms with E-state index < -0.39 is 24.3 Å². The number of ether oxygens (including phenoxy) is 2. The Kier molecular flexibility index (Phi) is 11.2. The minimum absolute atomic E-state index is 0.00675. The number of aliphatic carboxylic acids is 2. The van der Waals surface area contributed by atoms with E-state index in [1.54, 1.807) is 0 Å². The van der Waals surface area contributed by atoms with Gasteiger partial charge in [0.25, 0.3) is 0 Å². The molecule has 8 nitrogen and oxygen atoms in total. The van der Waals surface area contributed by atoms with Gasteiger partial charge in [-0.1, -0.05) is 30.3 Å². The van der Waals surface area contributed by atoms with Gasteiger partial charge in [0, 0.05) is 38.4 Å². The normalized spacial score (nSPS) is 18.3. The van der Waals surface area contributed by atoms with Crippen molar-refractivity contribution in [3.8, 4) is 0 Å². The second kappa shape index (κ2) is 13.7. The van der Waals surface area contributed by atoms with Crippen LogP contribution in [0.2, 0.25) is 0 Å². The molecule has 0 bridgehead atoms. The average molecular weight is 566 g/mol. The first-order valence-corrected chi connectivity index (χ1v) is 11.6. The second-order valence-electron chi connectivity index (χ2n) is 8.91. The first kappa shape index (κ1) is 32.0. The fraction of sp³-hybridized carbons (Fsp3) is 0.480. The number of nitrogens with zero attached hydrogens (tertiary/aromatic N) is 2. The number of benzene rings is 1. The highest BCUT2D eigenvalue weighted by Gasteiger charge is 2.52. The van der Waals surface area contributed by atoms with Crippen molar-refractivity contribution in [3.63, 3.8) is 0 Å². The first-order valence-electron chi connectivity index (χ1n) is 11.6. The summed E-state index contributed by atoms with van der Waals surface area (Å²) in [5.74, 6) is -5.02. The van der Waals surface area contributed by atoms with Crippen LogP contribution in [-0.2, 0) is 32.2 Å². The predicted molar refractivity (Wildman–Crippen MR) is 125 cm³/mol. The van der Waals surface area contributed by atoms with Gasteiger partial charge < -0.3 is 19.7 Å². The van der Waals surface area contributed by atoms with Crippen LogP contribution < -0.4 is 0 Å². The molecular weight excluding hydrogens is 538 g/mol. The van der Waals surface area contributed by atoms with E-state index in [1.165, 1.54) is 11.1 Å². The van der Waals surface area contributed by atoms with Crippen LogP contribution in [0, 0.1) is 12.8 Å². The second-order valence-corrected chi connectivity index (χ2v) is 8.91. The van der Waals surface area contributed by atoms with Crippen molar-refractivity contribution < 1.29 is 55.6 Å². The molecule has 2 aliphatic rings. The van der Waals surface area contributed by atoms with Crippen molar-refractivity contribution in [3.05, 3.63) is 65.5 Å². The van der Waals surface area contributed by atoms with Crippen LogP contribution in [0.3, 0.4) is 0 Å². The first-order chi connectivity index (χ1) is 18.1. The topological polar surface area (TPSA) is 109 Å². The highest BCUT2D eigenvalue weighted by Crippen LogP contribution is 2.40. The van der Waals surface area contributed by atoms with Gasteiger partial charge in [-0.2, -0.15) is 26.3 Å². The number of alkyl halides is 6. The van der Waals surface area contributed by atoms with Crippen molar-refractivity contribution in [2.45, 2.75) is 44.4 Å². The molecule has 4 rings (SSSR count). The van der Waals surface area contributed by atoms with E-state index in [2.05, 4.69) is 41.1 Å². The third-order valence-corrected chi connectivity index (χ3v) is 6.02. The number of aromatic nitrogens is 1. The Morgan fingerprint density at radius 3 is 2.10 bits per heavy atom. The van der Waals surface area contributed by atoms with Crippen LogP contribution in [0.4, 0.5) is 26.3 Å². The lowest BCUT2D eigenvalue weighted by Crippen LogP contribution is -2.64. The fourth-order valence-corrected chi connectivity index (χ4v) is 4.01. The molecule has 1 spiro atoms. The molecule has 1 aromatic carbocycles. The van der Waals surface area contributed by atoms with Crippen molar-refractivity contribution in [2.24, 2.45) is 5.92 Å². The maximum absolute atomic E-state index is 10.6. The number of carboxylic acid groups (broad SMARTS) is 2. The largest absolute Gasteiger partial charge is 0.490 e. The van der Waals surface area contributed by atoms with Gasteiger partial charge >= 0.3 is 24.3 Å². The Bertz CT molecular complexity index is 1050. The highest BCUT2D eigenvalue weighted by atomic mass is 19.4. The molecule has 1 aromatic heterocycles. The van der Waals surface area contributed by atoms with E-state index in [-0.39, 0.29) is 5.60 Å². The Morgan fingerprint density at radius 2 is 1.59 bits per heavy atom. The SMILES string of the molecule is Cc1ccccc1CN1CC2(C1)OCCC2COCc1ccccn1.O=C(O)C(F)(F)F.O=C(O)C(F)(F)F. The van der Waals surface area contributed by atoms with Gasteiger partial charge in [0.1, 0.15) is 0 Å². The fourth-order valence-electron chi connectivity index (χ4n) is 4.01. The third-order valence-electron chi connectivity index (χ3n) is 6.02. The van der Waals surface area contributed by atoms with Gasteiger partial charge in [-0.05, 0) is 36.6 Å². The minimum atomic E-state index is -5.08. The van der Waals surface area contributed by atoms with Gasteiger partial charge in [0.2, 0.25) is 0 Å². The summed E-state index contributed by atoms with van der Waals surface area (Å²) in [5, 5.41) is 14.2. The van der Waals surface area contributed by atoms with E-state index in [9.17, 15) is 26.3 Å². The van der Waals surface area contributed by atoms with Crippen molar-refractivity contribution >= 4 is 11.9 Å². The van der Waals surface area contributed by atoms with E-state index in [4.69, 9.17) is 29.3 Å². The molecule has 2 aliphatic heterocycles. The Balaban J connectivity index is 0.000000317. The van der Waals surface area contributed by atoms with E-state index in [0.29, 0.717) is 12.5 Å². The molecule has 1 unspecified atom stereocenters. The zero-order chi connectivity index (χ0) is 29.3. The molecule has 14 heteroatoms. The lowest BCUT2D eigenvalue weighted by atomic mass is 9.81. The lowest BCUT2D eigenvalue weighted by molar-refractivity contribution is -0.193. The monoisotopic (exact) mass is 566 g/mol. The molecule has 2 aromatic rings. The summed E-state index contributed by atoms with van der Waals surface area (Å²) in [6.07, 6.45) is -7.26. The van der Waals surface area contributed by atoms with Crippen molar-refractivity contribution in [1.82, 2.24) is 9.88 Å². The Morgan fingerprint density at radius 1 is 1.03 bits per heavy atom. The zero-order valence-corrected chi connectivity index (χ0v) is 20.8. The summed E-state index contributed by atoms with van der Waals surface area (Å²) < 4.78 is 75.6. The number of aryl methyl sites for hydroxylation is 1. The van der Waals surface area contributed by atoms with Crippen LogP contribution in [0.15, 0.2) is 48.7 Å². The maximum Gasteiger partial charge on any atom is 0.490 e. The number of hydrogen-bond acceptors (Lipinski definition) is 6. The van der Waals surface area contributed by atoms with E-state index in [0.717, 1.165) is 45.0 Å². The molecule has 39 heavy (non-hydrogen) atoms. The molecule has 0 aliphatic carbocycles. The standard InChI is InChI=1S/C21H26N2O2.2C2HF3O2/c1-17-6-2-3-7-18(17)12-23-15-21(16-23)19(9-11-25-21)13-24-14-20-8-4-5-10-22-20;2*3-2(4,5)1(6)7/h2-8,10,19H,9,11-16H2,1H3;2*(H,6,7). The summed E-state index contributed by atoms with van der Waals surface area (Å²) in [5.41, 5.74) is 3.78. The van der Waals surface area contributed by atoms with Crippen molar-refractivity contribution in [1.29, 1.82) is 0 Å². The van der Waals surface area contributed by atoms with Gasteiger partial charge in [-0.15, -0.1) is 0 Å². The molecule has 2 N–H and O–H groups in total. The molecule has 0 saturated carbocycles. The smallest absolute Gasteiger partial charge is 0.475 e. The van der Waals surface area contributed by atoms with Crippen molar-refractivity contribution in [2.75, 3.05) is 26.3 Å². The summed E-state index contributed by atoms with van der Waals surface area (Å²) in [6.45, 7) is 7.42. The molecular formula is C25H28F6N2O6. The summed E-state index contributed by atoms with van der Waals surface area (Å²) in [7, 11) is 0. The highest BCUT2D eigenvalue weighted by molar-refractivity contribution is 5.73. The number of likely N-dealkylation sites (tertiary alicyclic amines) is 1. The number of carbonyl (C=O) groups is 2. The average Bonchev–Trinajstić information content (AvgIpc) is 3.24. The summed E-state index contributed by atoms with van der Waals surface area (Å²) >= 11 is 0. The molecule has 1 atom stereocenters. The number of hydrogen-bond donors (Lipinski definition) is 2. The molecule has 216 valence electrons. The van der Waals surface area contributed by atoms with Crippen LogP contribution >= 0.6 is 0 Å². The van der Waals surface area contributed by atoms with Gasteiger partial charge in [0.15, 0.2) is 0 Å². The Hall–Kier alpha value is -3.23. The summed E-state index contributed by atoms with van der Waals surface area (Å²) in [6, 6.07) is 14.6. The zero-order valence-electron chi connectivity index (χ0n) is 20.8. The maximum atomic E-state index is 10.6. The number of carboxylic acids is 2. The quantitative estimate of drug-likeness (QED) is 0.494. The lowest BCUT2D eigenvalue weighted by Gasteiger charge is -2.50. The van der Waals surface area contributed by atoms with Gasteiger partial charge in [-0.25, -0.2) is 9.59 Å². The van der Waals surface area contributed by atoms with Crippen LogP contribution in [0.1, 0.15) is 23.2 Å².